The molecular weight excluding hydrogens is 434 g/mol. The maximum absolute atomic E-state index is 12.8. The van der Waals surface area contributed by atoms with Gasteiger partial charge in [0.1, 0.15) is 0 Å². The van der Waals surface area contributed by atoms with E-state index in [1.54, 1.807) is 6.08 Å². The van der Waals surface area contributed by atoms with Gasteiger partial charge in [0.05, 0.1) is 0 Å². The van der Waals surface area contributed by atoms with E-state index in [9.17, 15) is 13.2 Å². The molecule has 1 aliphatic heterocycles. The Morgan fingerprint density at radius 3 is 2.52 bits per heavy atom. The van der Waals surface area contributed by atoms with Crippen molar-refractivity contribution in [3.63, 3.8) is 0 Å². The van der Waals surface area contributed by atoms with Crippen LogP contribution in [0.25, 0.3) is 17.0 Å². The van der Waals surface area contributed by atoms with Gasteiger partial charge in [-0.25, -0.2) is 8.42 Å². The number of carbonyl (C=O) groups is 1. The van der Waals surface area contributed by atoms with Gasteiger partial charge in [0, 0.05) is 53.7 Å². The average molecular weight is 466 g/mol. The molecule has 1 fully saturated rings. The van der Waals surface area contributed by atoms with Crippen molar-refractivity contribution in [2.24, 2.45) is 11.8 Å². The number of sulfonamides is 1. The van der Waals surface area contributed by atoms with E-state index < -0.39 is 10.0 Å². The van der Waals surface area contributed by atoms with Gasteiger partial charge in [-0.15, -0.1) is 0 Å². The van der Waals surface area contributed by atoms with E-state index in [4.69, 9.17) is 0 Å². The molecule has 1 saturated heterocycles. The standard InChI is InChI=1S/C26H31N3O3S/c1-20(2)19-28-14-10-23-18-24(8-9-25(23)28)27-26(30)22-11-15-29(16-12-22)33(31,32)17-13-21-6-4-3-5-7-21/h3-10,13-14,17-18,20,22H,11-12,15-16,19H2,1-2H3,(H,27,30)/b17-13+. The Labute approximate surface area is 196 Å². The summed E-state index contributed by atoms with van der Waals surface area (Å²) in [5.74, 6) is 0.312. The van der Waals surface area contributed by atoms with Gasteiger partial charge < -0.3 is 9.88 Å². The van der Waals surface area contributed by atoms with Crippen LogP contribution < -0.4 is 5.32 Å². The quantitative estimate of drug-likeness (QED) is 0.537. The normalized spacial score (nSPS) is 16.1. The molecule has 4 rings (SSSR count). The third kappa shape index (κ3) is 5.72. The Morgan fingerprint density at radius 2 is 1.82 bits per heavy atom. The maximum atomic E-state index is 12.8. The summed E-state index contributed by atoms with van der Waals surface area (Å²) >= 11 is 0. The summed E-state index contributed by atoms with van der Waals surface area (Å²) in [4.78, 5) is 12.8. The zero-order chi connectivity index (χ0) is 23.4. The van der Waals surface area contributed by atoms with Crippen molar-refractivity contribution in [2.45, 2.75) is 33.2 Å². The number of piperidine rings is 1. The highest BCUT2D eigenvalue weighted by atomic mass is 32.2. The summed E-state index contributed by atoms with van der Waals surface area (Å²) in [5.41, 5.74) is 2.77. The lowest BCUT2D eigenvalue weighted by Crippen LogP contribution is -2.40. The molecule has 2 heterocycles. The monoisotopic (exact) mass is 465 g/mol. The van der Waals surface area contributed by atoms with Crippen molar-refractivity contribution in [2.75, 3.05) is 18.4 Å². The highest BCUT2D eigenvalue weighted by molar-refractivity contribution is 7.92. The van der Waals surface area contributed by atoms with Crippen LogP contribution in [0.4, 0.5) is 5.69 Å². The number of carbonyl (C=O) groups excluding carboxylic acids is 1. The van der Waals surface area contributed by atoms with Crippen LogP contribution in [0.5, 0.6) is 0 Å². The van der Waals surface area contributed by atoms with E-state index >= 15 is 0 Å². The van der Waals surface area contributed by atoms with Gasteiger partial charge in [-0.2, -0.15) is 4.31 Å². The van der Waals surface area contributed by atoms with Crippen LogP contribution in [0.15, 0.2) is 66.2 Å². The molecule has 1 amide bonds. The van der Waals surface area contributed by atoms with Gasteiger partial charge in [-0.05, 0) is 54.7 Å². The number of hydrogen-bond donors (Lipinski definition) is 1. The molecule has 0 aliphatic carbocycles. The van der Waals surface area contributed by atoms with Crippen molar-refractivity contribution < 1.29 is 13.2 Å². The lowest BCUT2D eigenvalue weighted by atomic mass is 9.97. The topological polar surface area (TPSA) is 71.4 Å². The second-order valence-corrected chi connectivity index (χ2v) is 10.9. The van der Waals surface area contributed by atoms with Gasteiger partial charge in [-0.3, -0.25) is 4.79 Å². The zero-order valence-corrected chi connectivity index (χ0v) is 20.0. The van der Waals surface area contributed by atoms with Crippen LogP contribution in [-0.4, -0.2) is 36.3 Å². The van der Waals surface area contributed by atoms with Gasteiger partial charge >= 0.3 is 0 Å². The van der Waals surface area contributed by atoms with E-state index in [1.165, 1.54) is 9.71 Å². The number of amides is 1. The minimum absolute atomic E-state index is 0.0483. The highest BCUT2D eigenvalue weighted by Gasteiger charge is 2.30. The maximum Gasteiger partial charge on any atom is 0.236 e. The lowest BCUT2D eigenvalue weighted by Gasteiger charge is -2.29. The van der Waals surface area contributed by atoms with Crippen molar-refractivity contribution in [3.8, 4) is 0 Å². The summed E-state index contributed by atoms with van der Waals surface area (Å²) in [6, 6.07) is 17.4. The van der Waals surface area contributed by atoms with Gasteiger partial charge in [0.25, 0.3) is 0 Å². The summed E-state index contributed by atoms with van der Waals surface area (Å²) in [7, 11) is -3.50. The van der Waals surface area contributed by atoms with Crippen LogP contribution >= 0.6 is 0 Å². The fourth-order valence-corrected chi connectivity index (χ4v) is 5.48. The van der Waals surface area contributed by atoms with Crippen molar-refractivity contribution in [1.82, 2.24) is 8.87 Å². The third-order valence-electron chi connectivity index (χ3n) is 6.02. The van der Waals surface area contributed by atoms with Gasteiger partial charge in [-0.1, -0.05) is 44.2 Å². The fourth-order valence-electron chi connectivity index (χ4n) is 4.26. The van der Waals surface area contributed by atoms with Crippen LogP contribution in [0.1, 0.15) is 32.3 Å². The largest absolute Gasteiger partial charge is 0.347 e. The van der Waals surface area contributed by atoms with Crippen LogP contribution in [0.2, 0.25) is 0 Å². The van der Waals surface area contributed by atoms with Crippen LogP contribution in [0.3, 0.4) is 0 Å². The number of aromatic nitrogens is 1. The number of fused-ring (bicyclic) bond motifs is 1. The Morgan fingerprint density at radius 1 is 1.09 bits per heavy atom. The van der Waals surface area contributed by atoms with Crippen molar-refractivity contribution in [3.05, 3.63) is 71.8 Å². The summed E-state index contributed by atoms with van der Waals surface area (Å²) < 4.78 is 29.0. The highest BCUT2D eigenvalue weighted by Crippen LogP contribution is 2.25. The van der Waals surface area contributed by atoms with Crippen molar-refractivity contribution >= 4 is 38.6 Å². The molecule has 1 N–H and O–H groups in total. The van der Waals surface area contributed by atoms with E-state index in [0.29, 0.717) is 31.8 Å². The second-order valence-electron chi connectivity index (χ2n) is 9.06. The first-order valence-electron chi connectivity index (χ1n) is 11.4. The Hall–Kier alpha value is -2.90. The summed E-state index contributed by atoms with van der Waals surface area (Å²) in [5, 5.41) is 5.37. The zero-order valence-electron chi connectivity index (χ0n) is 19.1. The first-order valence-corrected chi connectivity index (χ1v) is 13.0. The second kappa shape index (κ2) is 9.93. The number of benzene rings is 2. The molecule has 6 nitrogen and oxygen atoms in total. The van der Waals surface area contributed by atoms with Gasteiger partial charge in [0.2, 0.25) is 15.9 Å². The summed E-state index contributed by atoms with van der Waals surface area (Å²) in [6.45, 7) is 6.03. The number of hydrogen-bond acceptors (Lipinski definition) is 3. The molecule has 3 aromatic rings. The van der Waals surface area contributed by atoms with Crippen LogP contribution in [0, 0.1) is 11.8 Å². The number of nitrogens with one attached hydrogen (secondary N) is 1. The third-order valence-corrected chi connectivity index (χ3v) is 7.58. The Kier molecular flexibility index (Phi) is 7.00. The predicted molar refractivity (Wildman–Crippen MR) is 134 cm³/mol. The Balaban J connectivity index is 1.34. The minimum Gasteiger partial charge on any atom is -0.347 e. The Bertz CT molecular complexity index is 1240. The molecule has 0 saturated carbocycles. The molecular formula is C26H31N3O3S. The molecule has 1 aromatic heterocycles. The van der Waals surface area contributed by atoms with Crippen LogP contribution in [-0.2, 0) is 21.4 Å². The molecule has 0 radical (unpaired) electrons. The first kappa shape index (κ1) is 23.3. The lowest BCUT2D eigenvalue weighted by molar-refractivity contribution is -0.120. The molecule has 0 unspecified atom stereocenters. The molecule has 33 heavy (non-hydrogen) atoms. The fraction of sp³-hybridized carbons (Fsp3) is 0.346. The smallest absolute Gasteiger partial charge is 0.236 e. The summed E-state index contributed by atoms with van der Waals surface area (Å²) in [6.07, 6.45) is 4.71. The van der Waals surface area contributed by atoms with E-state index in [-0.39, 0.29) is 11.8 Å². The van der Waals surface area contributed by atoms with E-state index in [2.05, 4.69) is 36.0 Å². The molecule has 174 valence electrons. The van der Waals surface area contributed by atoms with E-state index in [1.807, 2.05) is 48.5 Å². The SMILES string of the molecule is CC(C)Cn1ccc2cc(NC(=O)C3CCN(S(=O)(=O)/C=C/c4ccccc4)CC3)ccc21. The first-order chi connectivity index (χ1) is 15.8. The number of anilines is 1. The minimum atomic E-state index is -3.50. The number of rotatable bonds is 7. The molecule has 7 heteroatoms. The number of nitrogens with zero attached hydrogens (tertiary/aromatic N) is 2. The molecule has 0 spiro atoms. The van der Waals surface area contributed by atoms with Crippen molar-refractivity contribution in [1.29, 1.82) is 0 Å². The molecule has 0 atom stereocenters. The average Bonchev–Trinajstić information content (AvgIpc) is 3.20. The molecule has 1 aliphatic rings. The van der Waals surface area contributed by atoms with Gasteiger partial charge in [0.15, 0.2) is 0 Å². The predicted octanol–water partition coefficient (Wildman–Crippen LogP) is 4.95. The molecule has 2 aromatic carbocycles. The molecule has 0 bridgehead atoms. The van der Waals surface area contributed by atoms with E-state index in [0.717, 1.165) is 28.7 Å².